The molecule has 0 saturated carbocycles. The Bertz CT molecular complexity index is 510. The lowest BCUT2D eigenvalue weighted by atomic mass is 10.1. The van der Waals surface area contributed by atoms with Crippen LogP contribution in [0.3, 0.4) is 0 Å². The van der Waals surface area contributed by atoms with E-state index in [2.05, 4.69) is 4.72 Å². The van der Waals surface area contributed by atoms with Crippen LogP contribution in [-0.2, 0) is 20.8 Å². The van der Waals surface area contributed by atoms with Crippen LogP contribution in [0.4, 0.5) is 0 Å². The summed E-state index contributed by atoms with van der Waals surface area (Å²) in [5, 5.41) is 0. The Hall–Kier alpha value is -0.760. The van der Waals surface area contributed by atoms with Gasteiger partial charge in [0, 0.05) is 35.4 Å². The molecular weight excluding hydrogens is 272 g/mol. The maximum Gasteiger partial charge on any atom is 0.240 e. The van der Waals surface area contributed by atoms with E-state index in [9.17, 15) is 12.6 Å². The van der Waals surface area contributed by atoms with Gasteiger partial charge in [-0.15, -0.1) is 0 Å². The standard InChI is InChI=1S/C11H18N2O3S2/c1-9(12)10-3-5-11(6-4-10)18(15,16)13-7-8-17(2)14/h3-6,9,13H,7-8,12H2,1-2H3. The lowest BCUT2D eigenvalue weighted by Gasteiger charge is -2.08. The van der Waals surface area contributed by atoms with Crippen molar-refractivity contribution in [2.75, 3.05) is 18.6 Å². The second kappa shape index (κ2) is 6.42. The average Bonchev–Trinajstić information content (AvgIpc) is 2.28. The summed E-state index contributed by atoms with van der Waals surface area (Å²) in [7, 11) is -4.53. The van der Waals surface area contributed by atoms with Crippen LogP contribution >= 0.6 is 0 Å². The molecule has 0 aliphatic rings. The Balaban J connectivity index is 2.76. The molecule has 0 aromatic heterocycles. The summed E-state index contributed by atoms with van der Waals surface area (Å²) in [5.41, 5.74) is 6.57. The molecule has 7 heteroatoms. The van der Waals surface area contributed by atoms with Crippen molar-refractivity contribution in [1.82, 2.24) is 4.72 Å². The molecule has 18 heavy (non-hydrogen) atoms. The van der Waals surface area contributed by atoms with Crippen LogP contribution in [0, 0.1) is 0 Å². The number of sulfonamides is 1. The van der Waals surface area contributed by atoms with E-state index in [-0.39, 0.29) is 17.5 Å². The Morgan fingerprint density at radius 1 is 1.33 bits per heavy atom. The highest BCUT2D eigenvalue weighted by atomic mass is 32.2. The molecule has 0 spiro atoms. The molecule has 2 unspecified atom stereocenters. The molecule has 102 valence electrons. The Labute approximate surface area is 110 Å². The van der Waals surface area contributed by atoms with Crippen LogP contribution in [-0.4, -0.2) is 31.2 Å². The van der Waals surface area contributed by atoms with E-state index in [1.54, 1.807) is 12.1 Å². The number of rotatable bonds is 6. The maximum absolute atomic E-state index is 11.9. The fourth-order valence-corrected chi connectivity index (χ4v) is 2.90. The van der Waals surface area contributed by atoms with Gasteiger partial charge in [0.2, 0.25) is 10.0 Å². The highest BCUT2D eigenvalue weighted by Gasteiger charge is 2.13. The molecule has 1 aromatic rings. The number of nitrogens with one attached hydrogen (secondary N) is 1. The van der Waals surface area contributed by atoms with Gasteiger partial charge in [-0.05, 0) is 24.6 Å². The average molecular weight is 290 g/mol. The van der Waals surface area contributed by atoms with Crippen molar-refractivity contribution in [3.05, 3.63) is 29.8 Å². The monoisotopic (exact) mass is 290 g/mol. The molecular formula is C11H18N2O3S2. The van der Waals surface area contributed by atoms with Crippen molar-refractivity contribution in [1.29, 1.82) is 0 Å². The quantitative estimate of drug-likeness (QED) is 0.792. The molecule has 2 atom stereocenters. The van der Waals surface area contributed by atoms with Gasteiger partial charge in [0.05, 0.1) is 4.90 Å². The van der Waals surface area contributed by atoms with Gasteiger partial charge in [0.15, 0.2) is 0 Å². The van der Waals surface area contributed by atoms with Gasteiger partial charge >= 0.3 is 0 Å². The first-order valence-corrected chi connectivity index (χ1v) is 8.69. The minimum atomic E-state index is -3.52. The lowest BCUT2D eigenvalue weighted by Crippen LogP contribution is -2.27. The van der Waals surface area contributed by atoms with Crippen molar-refractivity contribution in [2.45, 2.75) is 17.9 Å². The van der Waals surface area contributed by atoms with Gasteiger partial charge in [0.25, 0.3) is 0 Å². The van der Waals surface area contributed by atoms with Gasteiger partial charge in [-0.25, -0.2) is 13.1 Å². The van der Waals surface area contributed by atoms with E-state index in [0.717, 1.165) is 5.56 Å². The summed E-state index contributed by atoms with van der Waals surface area (Å²) in [6, 6.07) is 6.29. The molecule has 0 saturated heterocycles. The minimum Gasteiger partial charge on any atom is -0.324 e. The smallest absolute Gasteiger partial charge is 0.240 e. The Kier molecular flexibility index (Phi) is 5.46. The Morgan fingerprint density at radius 2 is 1.89 bits per heavy atom. The number of benzene rings is 1. The number of hydrogen-bond donors (Lipinski definition) is 2. The van der Waals surface area contributed by atoms with E-state index in [4.69, 9.17) is 5.73 Å². The molecule has 0 bridgehead atoms. The van der Waals surface area contributed by atoms with Crippen LogP contribution in [0.25, 0.3) is 0 Å². The molecule has 0 radical (unpaired) electrons. The molecule has 0 aliphatic heterocycles. The SMILES string of the molecule is CC(N)c1ccc(S(=O)(=O)NCCS(C)=O)cc1. The molecule has 0 amide bonds. The molecule has 1 aromatic carbocycles. The Morgan fingerprint density at radius 3 is 2.33 bits per heavy atom. The normalized spacial score (nSPS) is 15.3. The maximum atomic E-state index is 11.9. The third-order valence-electron chi connectivity index (χ3n) is 2.40. The number of hydrogen-bond acceptors (Lipinski definition) is 4. The van der Waals surface area contributed by atoms with Gasteiger partial charge in [-0.2, -0.15) is 0 Å². The van der Waals surface area contributed by atoms with Gasteiger partial charge in [-0.3, -0.25) is 4.21 Å². The second-order valence-electron chi connectivity index (χ2n) is 4.03. The molecule has 0 heterocycles. The fraction of sp³-hybridized carbons (Fsp3) is 0.455. The van der Waals surface area contributed by atoms with Gasteiger partial charge in [-0.1, -0.05) is 12.1 Å². The van der Waals surface area contributed by atoms with Gasteiger partial charge < -0.3 is 5.73 Å². The summed E-state index contributed by atoms with van der Waals surface area (Å²) in [5.74, 6) is 0.303. The zero-order valence-corrected chi connectivity index (χ0v) is 12.1. The van der Waals surface area contributed by atoms with Gasteiger partial charge in [0.1, 0.15) is 0 Å². The van der Waals surface area contributed by atoms with Crippen LogP contribution < -0.4 is 10.5 Å². The first-order valence-electron chi connectivity index (χ1n) is 5.48. The third-order valence-corrected chi connectivity index (χ3v) is 4.65. The zero-order valence-electron chi connectivity index (χ0n) is 10.4. The van der Waals surface area contributed by atoms with Crippen LogP contribution in [0.2, 0.25) is 0 Å². The van der Waals surface area contributed by atoms with E-state index < -0.39 is 20.8 Å². The van der Waals surface area contributed by atoms with E-state index >= 15 is 0 Å². The van der Waals surface area contributed by atoms with Crippen molar-refractivity contribution in [3.63, 3.8) is 0 Å². The predicted molar refractivity (Wildman–Crippen MR) is 73.2 cm³/mol. The van der Waals surface area contributed by atoms with Crippen LogP contribution in [0.1, 0.15) is 18.5 Å². The summed E-state index contributed by atoms with van der Waals surface area (Å²) >= 11 is 0. The minimum absolute atomic E-state index is 0.128. The predicted octanol–water partition coefficient (Wildman–Crippen LogP) is 0.363. The van der Waals surface area contributed by atoms with E-state index in [0.29, 0.717) is 5.75 Å². The summed E-state index contributed by atoms with van der Waals surface area (Å²) < 4.78 is 37.0. The van der Waals surface area contributed by atoms with Crippen molar-refractivity contribution in [2.24, 2.45) is 5.73 Å². The van der Waals surface area contributed by atoms with E-state index in [1.807, 2.05) is 6.92 Å². The van der Waals surface area contributed by atoms with Crippen molar-refractivity contribution in [3.8, 4) is 0 Å². The third kappa shape index (κ3) is 4.49. The van der Waals surface area contributed by atoms with Crippen LogP contribution in [0.5, 0.6) is 0 Å². The highest BCUT2D eigenvalue weighted by Crippen LogP contribution is 2.14. The summed E-state index contributed by atoms with van der Waals surface area (Å²) in [6.07, 6.45) is 1.53. The second-order valence-corrected chi connectivity index (χ2v) is 7.35. The first-order chi connectivity index (χ1) is 8.33. The molecule has 0 aliphatic carbocycles. The largest absolute Gasteiger partial charge is 0.324 e. The van der Waals surface area contributed by atoms with E-state index in [1.165, 1.54) is 18.4 Å². The van der Waals surface area contributed by atoms with Crippen molar-refractivity contribution < 1.29 is 12.6 Å². The lowest BCUT2D eigenvalue weighted by molar-refractivity contribution is 0.584. The summed E-state index contributed by atoms with van der Waals surface area (Å²) in [6.45, 7) is 2.00. The first kappa shape index (κ1) is 15.3. The molecule has 5 nitrogen and oxygen atoms in total. The number of nitrogens with two attached hydrogens (primary N) is 1. The zero-order chi connectivity index (χ0) is 13.8. The molecule has 0 fully saturated rings. The topological polar surface area (TPSA) is 89.3 Å². The molecule has 3 N–H and O–H groups in total. The van der Waals surface area contributed by atoms with Crippen LogP contribution in [0.15, 0.2) is 29.2 Å². The fourth-order valence-electron chi connectivity index (χ4n) is 1.35. The van der Waals surface area contributed by atoms with Crippen molar-refractivity contribution >= 4 is 20.8 Å². The summed E-state index contributed by atoms with van der Waals surface area (Å²) in [4.78, 5) is 0.189. The highest BCUT2D eigenvalue weighted by molar-refractivity contribution is 7.89. The molecule has 1 rings (SSSR count).